The Bertz CT molecular complexity index is 521. The summed E-state index contributed by atoms with van der Waals surface area (Å²) < 4.78 is 0.609. The van der Waals surface area contributed by atoms with E-state index in [9.17, 15) is 14.4 Å². The van der Waals surface area contributed by atoms with Crippen molar-refractivity contribution in [1.82, 2.24) is 5.32 Å². The Morgan fingerprint density at radius 1 is 1.35 bits per heavy atom. The monoisotopic (exact) mass is 359 g/mol. The Balaban J connectivity index is 2.45. The van der Waals surface area contributed by atoms with Crippen LogP contribution in [0.25, 0.3) is 0 Å². The highest BCUT2D eigenvalue weighted by atomic mass is 79.9. The summed E-state index contributed by atoms with van der Waals surface area (Å²) in [6, 6.07) is 6.79. The molecule has 0 bridgehead atoms. The van der Waals surface area contributed by atoms with E-state index in [1.807, 2.05) is 0 Å². The van der Waals surface area contributed by atoms with Gasteiger partial charge in [0.25, 0.3) is 5.91 Å². The lowest BCUT2D eigenvalue weighted by Crippen LogP contribution is -2.32. The molecule has 1 aromatic rings. The van der Waals surface area contributed by atoms with Gasteiger partial charge in [-0.1, -0.05) is 19.1 Å². The molecule has 1 aromatic carbocycles. The summed E-state index contributed by atoms with van der Waals surface area (Å²) in [4.78, 5) is 33.9. The lowest BCUT2D eigenvalue weighted by atomic mass is 10.2. The van der Waals surface area contributed by atoms with Crippen LogP contribution in [0.5, 0.6) is 0 Å². The van der Waals surface area contributed by atoms with Crippen LogP contribution in [-0.2, 0) is 9.59 Å². The maximum Gasteiger partial charge on any atom is 0.304 e. The van der Waals surface area contributed by atoms with Crippen LogP contribution in [0.15, 0.2) is 28.7 Å². The van der Waals surface area contributed by atoms with Crippen LogP contribution in [0, 0.1) is 0 Å². The van der Waals surface area contributed by atoms with Gasteiger partial charge in [0.2, 0.25) is 5.91 Å². The van der Waals surface area contributed by atoms with Crippen molar-refractivity contribution in [2.45, 2.75) is 18.6 Å². The summed E-state index contributed by atoms with van der Waals surface area (Å²) in [5, 5.41) is 10.7. The molecule has 1 rings (SSSR count). The second kappa shape index (κ2) is 8.06. The maximum absolute atomic E-state index is 11.8. The number of carbonyl (C=O) groups is 3. The molecule has 2 amide bonds. The Kier molecular flexibility index (Phi) is 6.74. The van der Waals surface area contributed by atoms with Crippen LogP contribution in [0.3, 0.4) is 0 Å². The quantitative estimate of drug-likeness (QED) is 0.813. The molecule has 5 nitrogen and oxygen atoms in total. The first-order chi connectivity index (χ1) is 9.40. The molecule has 0 heterocycles. The Hall–Kier alpha value is -1.34. The Morgan fingerprint density at radius 2 is 2.00 bits per heavy atom. The minimum absolute atomic E-state index is 0.0177. The van der Waals surface area contributed by atoms with Crippen molar-refractivity contribution in [3.63, 3.8) is 0 Å². The molecule has 2 N–H and O–H groups in total. The van der Waals surface area contributed by atoms with Gasteiger partial charge < -0.3 is 5.11 Å². The van der Waals surface area contributed by atoms with E-state index in [0.717, 1.165) is 0 Å². The molecule has 20 heavy (non-hydrogen) atoms. The highest BCUT2D eigenvalue weighted by molar-refractivity contribution is 9.10. The molecule has 0 aliphatic carbocycles. The summed E-state index contributed by atoms with van der Waals surface area (Å²) in [5.41, 5.74) is 0.379. The third kappa shape index (κ3) is 5.75. The number of hydrogen-bond donors (Lipinski definition) is 2. The highest BCUT2D eigenvalue weighted by Gasteiger charge is 2.15. The standard InChI is InChI=1S/C13H14BrNO4S/c1-8(6-12(17)18)20-7-11(16)15-13(19)9-4-2-3-5-10(9)14/h2-5,8H,6-7H2,1H3,(H,17,18)(H,15,16,19). The fourth-order valence-electron chi connectivity index (χ4n) is 1.40. The van der Waals surface area contributed by atoms with Crippen molar-refractivity contribution >= 4 is 45.5 Å². The van der Waals surface area contributed by atoms with Gasteiger partial charge in [-0.2, -0.15) is 0 Å². The van der Waals surface area contributed by atoms with Gasteiger partial charge in [0.1, 0.15) is 0 Å². The fraction of sp³-hybridized carbons (Fsp3) is 0.308. The SMILES string of the molecule is CC(CC(=O)O)SCC(=O)NC(=O)c1ccccc1Br. The number of carboxylic acid groups (broad SMARTS) is 1. The van der Waals surface area contributed by atoms with Crippen LogP contribution in [0.2, 0.25) is 0 Å². The summed E-state index contributed by atoms with van der Waals surface area (Å²) in [7, 11) is 0. The van der Waals surface area contributed by atoms with Crippen LogP contribution in [0.4, 0.5) is 0 Å². The van der Waals surface area contributed by atoms with Crippen molar-refractivity contribution in [2.24, 2.45) is 0 Å². The first kappa shape index (κ1) is 16.7. The predicted molar refractivity (Wildman–Crippen MR) is 80.8 cm³/mol. The Morgan fingerprint density at radius 3 is 2.60 bits per heavy atom. The second-order valence-corrected chi connectivity index (χ2v) is 6.36. The minimum Gasteiger partial charge on any atom is -0.481 e. The number of hydrogen-bond acceptors (Lipinski definition) is 4. The number of imide groups is 1. The number of amides is 2. The van der Waals surface area contributed by atoms with E-state index in [4.69, 9.17) is 5.11 Å². The van der Waals surface area contributed by atoms with Crippen LogP contribution >= 0.6 is 27.7 Å². The van der Waals surface area contributed by atoms with Crippen molar-refractivity contribution in [1.29, 1.82) is 0 Å². The second-order valence-electron chi connectivity index (χ2n) is 4.08. The van der Waals surface area contributed by atoms with Crippen molar-refractivity contribution in [2.75, 3.05) is 5.75 Å². The number of nitrogens with one attached hydrogen (secondary N) is 1. The smallest absolute Gasteiger partial charge is 0.304 e. The highest BCUT2D eigenvalue weighted by Crippen LogP contribution is 2.16. The summed E-state index contributed by atoms with van der Waals surface area (Å²) in [6.07, 6.45) is -0.0177. The lowest BCUT2D eigenvalue weighted by molar-refractivity contribution is -0.136. The van der Waals surface area contributed by atoms with E-state index in [0.29, 0.717) is 10.0 Å². The van der Waals surface area contributed by atoms with Gasteiger partial charge in [0.15, 0.2) is 0 Å². The predicted octanol–water partition coefficient (Wildman–Crippen LogP) is 2.30. The van der Waals surface area contributed by atoms with E-state index in [2.05, 4.69) is 21.2 Å². The lowest BCUT2D eigenvalue weighted by Gasteiger charge is -2.09. The number of benzene rings is 1. The molecule has 0 aliphatic heterocycles. The third-order valence-corrected chi connectivity index (χ3v) is 4.19. The topological polar surface area (TPSA) is 83.5 Å². The number of rotatable bonds is 6. The van der Waals surface area contributed by atoms with E-state index in [1.165, 1.54) is 11.8 Å². The molecule has 0 spiro atoms. The fourth-order valence-corrected chi connectivity index (χ4v) is 2.63. The molecule has 108 valence electrons. The summed E-state index contributed by atoms with van der Waals surface area (Å²) >= 11 is 4.43. The zero-order valence-corrected chi connectivity index (χ0v) is 13.2. The largest absolute Gasteiger partial charge is 0.481 e. The average Bonchev–Trinajstić information content (AvgIpc) is 2.36. The molecule has 7 heteroatoms. The van der Waals surface area contributed by atoms with Gasteiger partial charge in [-0.3, -0.25) is 19.7 Å². The van der Waals surface area contributed by atoms with Crippen molar-refractivity contribution in [3.05, 3.63) is 34.3 Å². The average molecular weight is 360 g/mol. The van der Waals surface area contributed by atoms with Gasteiger partial charge in [0, 0.05) is 9.72 Å². The van der Waals surface area contributed by atoms with Gasteiger partial charge in [-0.15, -0.1) is 11.8 Å². The van der Waals surface area contributed by atoms with Gasteiger partial charge in [-0.05, 0) is 28.1 Å². The number of halogens is 1. The zero-order chi connectivity index (χ0) is 15.1. The van der Waals surface area contributed by atoms with E-state index in [1.54, 1.807) is 31.2 Å². The molecule has 0 aromatic heterocycles. The van der Waals surface area contributed by atoms with Gasteiger partial charge in [0.05, 0.1) is 17.7 Å². The maximum atomic E-state index is 11.8. The molecule has 0 radical (unpaired) electrons. The molecule has 0 fully saturated rings. The molecule has 1 atom stereocenters. The van der Waals surface area contributed by atoms with Crippen molar-refractivity contribution < 1.29 is 19.5 Å². The normalized spacial score (nSPS) is 11.7. The first-order valence-corrected chi connectivity index (χ1v) is 7.66. The van der Waals surface area contributed by atoms with Crippen LogP contribution in [0.1, 0.15) is 23.7 Å². The molecule has 0 saturated carbocycles. The molecule has 0 saturated heterocycles. The summed E-state index contributed by atoms with van der Waals surface area (Å²) in [6.45, 7) is 1.72. The first-order valence-electron chi connectivity index (χ1n) is 5.82. The van der Waals surface area contributed by atoms with Gasteiger partial charge >= 0.3 is 5.97 Å². The number of carboxylic acids is 1. The Labute approximate surface area is 129 Å². The van der Waals surface area contributed by atoms with E-state index in [-0.39, 0.29) is 17.4 Å². The van der Waals surface area contributed by atoms with E-state index < -0.39 is 17.8 Å². The number of thioether (sulfide) groups is 1. The zero-order valence-electron chi connectivity index (χ0n) is 10.8. The van der Waals surface area contributed by atoms with E-state index >= 15 is 0 Å². The minimum atomic E-state index is -0.908. The molecule has 0 aliphatic rings. The van der Waals surface area contributed by atoms with Crippen LogP contribution in [-0.4, -0.2) is 33.9 Å². The van der Waals surface area contributed by atoms with Crippen molar-refractivity contribution in [3.8, 4) is 0 Å². The molecule has 1 unspecified atom stereocenters. The number of carbonyl (C=O) groups excluding carboxylic acids is 2. The molecular formula is C13H14BrNO4S. The third-order valence-electron chi connectivity index (χ3n) is 2.33. The number of aliphatic carboxylic acids is 1. The summed E-state index contributed by atoms with van der Waals surface area (Å²) in [5.74, 6) is -1.78. The van der Waals surface area contributed by atoms with Crippen LogP contribution < -0.4 is 5.32 Å². The molecular weight excluding hydrogens is 346 g/mol. The van der Waals surface area contributed by atoms with Gasteiger partial charge in [-0.25, -0.2) is 0 Å².